The Labute approximate surface area is 199 Å². The molecule has 1 aliphatic rings. The molecule has 0 aliphatic carbocycles. The molecule has 166 valence electrons. The Kier molecular flexibility index (Phi) is 6.97. The Balaban J connectivity index is 1.55. The summed E-state index contributed by atoms with van der Waals surface area (Å²) in [5.41, 5.74) is 4.02. The van der Waals surface area contributed by atoms with E-state index in [9.17, 15) is 4.79 Å². The largest absolute Gasteiger partial charge is 0.353 e. The van der Waals surface area contributed by atoms with Crippen molar-refractivity contribution in [2.24, 2.45) is 0 Å². The summed E-state index contributed by atoms with van der Waals surface area (Å²) < 4.78 is 0. The molecule has 0 saturated carbocycles. The number of hydrogen-bond acceptors (Lipinski definition) is 4. The van der Waals surface area contributed by atoms with Gasteiger partial charge in [0.25, 0.3) is 5.91 Å². The van der Waals surface area contributed by atoms with E-state index in [2.05, 4.69) is 36.1 Å². The minimum Gasteiger partial charge on any atom is -0.353 e. The van der Waals surface area contributed by atoms with E-state index in [1.54, 1.807) is 18.2 Å². The number of rotatable bonds is 5. The topological polar surface area (TPSA) is 49.3 Å². The molecule has 1 aliphatic heterocycles. The van der Waals surface area contributed by atoms with E-state index in [1.165, 1.54) is 11.1 Å². The standard InChI is InChI=1S/C25H26Cl2N4O/c1-3-23-22(13-18-7-5-4-6-8-18)24(29-17(2)28-23)30-9-11-31(12-10-30)25(32)19-14-20(26)16-21(27)15-19/h4-8,14-16H,3,9-13H2,1-2H3. The van der Waals surface area contributed by atoms with Gasteiger partial charge in [0.1, 0.15) is 11.6 Å². The van der Waals surface area contributed by atoms with Crippen molar-refractivity contribution in [1.29, 1.82) is 0 Å². The van der Waals surface area contributed by atoms with Crippen LogP contribution in [0.4, 0.5) is 5.82 Å². The van der Waals surface area contributed by atoms with Gasteiger partial charge in [-0.25, -0.2) is 9.97 Å². The second kappa shape index (κ2) is 9.88. The van der Waals surface area contributed by atoms with E-state index in [1.807, 2.05) is 17.9 Å². The number of anilines is 1. The second-order valence-corrected chi connectivity index (χ2v) is 8.85. The maximum atomic E-state index is 13.0. The third-order valence-electron chi connectivity index (χ3n) is 5.72. The molecule has 1 aromatic heterocycles. The number of benzene rings is 2. The lowest BCUT2D eigenvalue weighted by atomic mass is 10.0. The average molecular weight is 469 g/mol. The van der Waals surface area contributed by atoms with Crippen molar-refractivity contribution in [2.45, 2.75) is 26.7 Å². The average Bonchev–Trinajstić information content (AvgIpc) is 2.79. The van der Waals surface area contributed by atoms with Crippen LogP contribution in [-0.2, 0) is 12.8 Å². The molecule has 32 heavy (non-hydrogen) atoms. The van der Waals surface area contributed by atoms with E-state index in [4.69, 9.17) is 33.2 Å². The van der Waals surface area contributed by atoms with Crippen LogP contribution in [0.3, 0.4) is 0 Å². The summed E-state index contributed by atoms with van der Waals surface area (Å²) >= 11 is 12.2. The predicted octanol–water partition coefficient (Wildman–Crippen LogP) is 5.21. The van der Waals surface area contributed by atoms with Crippen molar-refractivity contribution in [2.75, 3.05) is 31.1 Å². The van der Waals surface area contributed by atoms with Crippen LogP contribution in [0.1, 0.15) is 39.9 Å². The molecule has 0 unspecified atom stereocenters. The van der Waals surface area contributed by atoms with Gasteiger partial charge in [0, 0.05) is 59.5 Å². The summed E-state index contributed by atoms with van der Waals surface area (Å²) in [6.07, 6.45) is 1.65. The summed E-state index contributed by atoms with van der Waals surface area (Å²) in [4.78, 5) is 26.6. The fraction of sp³-hybridized carbons (Fsp3) is 0.320. The van der Waals surface area contributed by atoms with E-state index < -0.39 is 0 Å². The first kappa shape index (κ1) is 22.6. The number of carbonyl (C=O) groups excluding carboxylic acids is 1. The molecule has 0 atom stereocenters. The first-order chi connectivity index (χ1) is 15.4. The van der Waals surface area contributed by atoms with E-state index in [0.717, 1.165) is 30.2 Å². The van der Waals surface area contributed by atoms with Crippen LogP contribution < -0.4 is 4.90 Å². The van der Waals surface area contributed by atoms with Crippen LogP contribution >= 0.6 is 23.2 Å². The van der Waals surface area contributed by atoms with Gasteiger partial charge in [-0.3, -0.25) is 4.79 Å². The molecular weight excluding hydrogens is 443 g/mol. The van der Waals surface area contributed by atoms with Crippen LogP contribution in [0.2, 0.25) is 10.0 Å². The number of carbonyl (C=O) groups is 1. The molecule has 4 rings (SSSR count). The van der Waals surface area contributed by atoms with Gasteiger partial charge in [0.2, 0.25) is 0 Å². The highest BCUT2D eigenvalue weighted by Crippen LogP contribution is 2.27. The molecule has 0 spiro atoms. The maximum absolute atomic E-state index is 13.0. The van der Waals surface area contributed by atoms with Crippen molar-refractivity contribution in [3.8, 4) is 0 Å². The molecule has 1 fully saturated rings. The normalized spacial score (nSPS) is 14.0. The number of amides is 1. The molecule has 0 radical (unpaired) electrons. The van der Waals surface area contributed by atoms with Crippen LogP contribution in [0.5, 0.6) is 0 Å². The van der Waals surface area contributed by atoms with Crippen molar-refractivity contribution < 1.29 is 4.79 Å². The molecule has 5 nitrogen and oxygen atoms in total. The Morgan fingerprint density at radius 1 is 0.969 bits per heavy atom. The Morgan fingerprint density at radius 3 is 2.25 bits per heavy atom. The fourth-order valence-electron chi connectivity index (χ4n) is 4.15. The number of aryl methyl sites for hydroxylation is 2. The van der Waals surface area contributed by atoms with Gasteiger partial charge >= 0.3 is 0 Å². The summed E-state index contributed by atoms with van der Waals surface area (Å²) in [5, 5.41) is 0.933. The number of aromatic nitrogens is 2. The van der Waals surface area contributed by atoms with Gasteiger partial charge in [-0.1, -0.05) is 60.5 Å². The van der Waals surface area contributed by atoms with Gasteiger partial charge in [-0.15, -0.1) is 0 Å². The lowest BCUT2D eigenvalue weighted by Gasteiger charge is -2.36. The monoisotopic (exact) mass is 468 g/mol. The lowest BCUT2D eigenvalue weighted by Crippen LogP contribution is -2.49. The van der Waals surface area contributed by atoms with Crippen molar-refractivity contribution >= 4 is 34.9 Å². The van der Waals surface area contributed by atoms with Gasteiger partial charge in [-0.2, -0.15) is 0 Å². The van der Waals surface area contributed by atoms with Gasteiger partial charge in [0.15, 0.2) is 0 Å². The van der Waals surface area contributed by atoms with Crippen molar-refractivity contribution in [3.05, 3.63) is 86.8 Å². The first-order valence-electron chi connectivity index (χ1n) is 10.8. The highest BCUT2D eigenvalue weighted by atomic mass is 35.5. The van der Waals surface area contributed by atoms with Gasteiger partial charge < -0.3 is 9.80 Å². The minimum absolute atomic E-state index is 0.0494. The van der Waals surface area contributed by atoms with Gasteiger partial charge in [-0.05, 0) is 37.1 Å². The van der Waals surface area contributed by atoms with E-state index in [-0.39, 0.29) is 5.91 Å². The molecule has 0 N–H and O–H groups in total. The van der Waals surface area contributed by atoms with Crippen LogP contribution in [0, 0.1) is 6.92 Å². The second-order valence-electron chi connectivity index (χ2n) is 7.97. The number of nitrogens with zero attached hydrogens (tertiary/aromatic N) is 4. The highest BCUT2D eigenvalue weighted by Gasteiger charge is 2.26. The number of hydrogen-bond donors (Lipinski definition) is 0. The maximum Gasteiger partial charge on any atom is 0.254 e. The molecule has 3 aromatic rings. The molecular formula is C25H26Cl2N4O. The third kappa shape index (κ3) is 5.05. The minimum atomic E-state index is -0.0494. The third-order valence-corrected chi connectivity index (χ3v) is 6.15. The zero-order chi connectivity index (χ0) is 22.7. The highest BCUT2D eigenvalue weighted by molar-refractivity contribution is 6.35. The summed E-state index contributed by atoms with van der Waals surface area (Å²) in [6, 6.07) is 15.4. The predicted molar refractivity (Wildman–Crippen MR) is 130 cm³/mol. The van der Waals surface area contributed by atoms with Crippen LogP contribution in [-0.4, -0.2) is 47.0 Å². The quantitative estimate of drug-likeness (QED) is 0.515. The van der Waals surface area contributed by atoms with Crippen molar-refractivity contribution in [1.82, 2.24) is 14.9 Å². The fourth-order valence-corrected chi connectivity index (χ4v) is 4.68. The summed E-state index contributed by atoms with van der Waals surface area (Å²) in [6.45, 7) is 6.71. The molecule has 2 aromatic carbocycles. The van der Waals surface area contributed by atoms with Crippen LogP contribution in [0.15, 0.2) is 48.5 Å². The molecule has 1 amide bonds. The Morgan fingerprint density at radius 2 is 1.62 bits per heavy atom. The zero-order valence-corrected chi connectivity index (χ0v) is 19.8. The molecule has 0 bridgehead atoms. The van der Waals surface area contributed by atoms with E-state index >= 15 is 0 Å². The van der Waals surface area contributed by atoms with E-state index in [0.29, 0.717) is 41.8 Å². The smallest absolute Gasteiger partial charge is 0.254 e. The number of halogens is 2. The Bertz CT molecular complexity index is 1090. The zero-order valence-electron chi connectivity index (χ0n) is 18.3. The van der Waals surface area contributed by atoms with Gasteiger partial charge in [0.05, 0.1) is 0 Å². The Hall–Kier alpha value is -2.63. The first-order valence-corrected chi connectivity index (χ1v) is 11.6. The number of piperazine rings is 1. The SMILES string of the molecule is CCc1nc(C)nc(N2CCN(C(=O)c3cc(Cl)cc(Cl)c3)CC2)c1Cc1ccccc1. The van der Waals surface area contributed by atoms with Crippen molar-refractivity contribution in [3.63, 3.8) is 0 Å². The molecule has 7 heteroatoms. The molecule has 2 heterocycles. The van der Waals surface area contributed by atoms with Crippen LogP contribution in [0.25, 0.3) is 0 Å². The summed E-state index contributed by atoms with van der Waals surface area (Å²) in [5.74, 6) is 1.71. The summed E-state index contributed by atoms with van der Waals surface area (Å²) in [7, 11) is 0. The lowest BCUT2D eigenvalue weighted by molar-refractivity contribution is 0.0746. The molecule has 1 saturated heterocycles.